The van der Waals surface area contributed by atoms with E-state index in [1.807, 2.05) is 6.07 Å². The molecule has 2 aromatic rings. The van der Waals surface area contributed by atoms with Crippen LogP contribution in [0.5, 0.6) is 11.5 Å². The number of nitriles is 1. The number of carbonyl (C=O) groups excluding carboxylic acids is 1. The summed E-state index contributed by atoms with van der Waals surface area (Å²) >= 11 is 1.13. The van der Waals surface area contributed by atoms with E-state index in [1.54, 1.807) is 32.4 Å². The van der Waals surface area contributed by atoms with Gasteiger partial charge < -0.3 is 19.2 Å². The Morgan fingerprint density at radius 3 is 2.83 bits per heavy atom. The van der Waals surface area contributed by atoms with Crippen LogP contribution in [-0.4, -0.2) is 42.6 Å². The van der Waals surface area contributed by atoms with Crippen LogP contribution in [0, 0.1) is 11.3 Å². The Kier molecular flexibility index (Phi) is 6.45. The molecule has 2 rings (SSSR count). The summed E-state index contributed by atoms with van der Waals surface area (Å²) in [5, 5.41) is 19.2. The Bertz CT molecular complexity index is 741. The van der Waals surface area contributed by atoms with Crippen molar-refractivity contribution in [2.75, 3.05) is 26.5 Å². The van der Waals surface area contributed by atoms with Gasteiger partial charge in [-0.25, -0.2) is 0 Å². The number of carbonyl (C=O) groups is 1. The normalized spacial score (nSPS) is 10.0. The van der Waals surface area contributed by atoms with Crippen molar-refractivity contribution < 1.29 is 18.7 Å². The highest BCUT2D eigenvalue weighted by molar-refractivity contribution is 7.99. The van der Waals surface area contributed by atoms with Crippen LogP contribution < -0.4 is 14.8 Å². The van der Waals surface area contributed by atoms with Gasteiger partial charge in [0.15, 0.2) is 11.5 Å². The van der Waals surface area contributed by atoms with Crippen molar-refractivity contribution in [1.82, 2.24) is 15.5 Å². The summed E-state index contributed by atoms with van der Waals surface area (Å²) in [7, 11) is 3.10. The number of rotatable bonds is 8. The quantitative estimate of drug-likeness (QED) is 0.569. The largest absolute Gasteiger partial charge is 0.493 e. The zero-order valence-electron chi connectivity index (χ0n) is 13.2. The molecule has 8 nitrogen and oxygen atoms in total. The molecule has 0 unspecified atom stereocenters. The second-order valence-corrected chi connectivity index (χ2v) is 5.42. The van der Waals surface area contributed by atoms with Crippen LogP contribution in [0.15, 0.2) is 27.8 Å². The summed E-state index contributed by atoms with van der Waals surface area (Å²) < 4.78 is 15.9. The lowest BCUT2D eigenvalue weighted by Crippen LogP contribution is -2.25. The van der Waals surface area contributed by atoms with Gasteiger partial charge in [-0.2, -0.15) is 5.26 Å². The van der Waals surface area contributed by atoms with Gasteiger partial charge >= 0.3 is 0 Å². The predicted molar refractivity (Wildman–Crippen MR) is 86.8 cm³/mol. The molecule has 0 atom stereocenters. The lowest BCUT2D eigenvalue weighted by atomic mass is 10.2. The lowest BCUT2D eigenvalue weighted by Gasteiger charge is -2.07. The minimum Gasteiger partial charge on any atom is -0.493 e. The maximum Gasteiger partial charge on any atom is 0.277 e. The number of nitrogens with one attached hydrogen (secondary N) is 1. The SMILES string of the molecule is COc1ccc(-c2nnc(SCC(=O)NCCC#N)o2)cc1OC. The van der Waals surface area contributed by atoms with Crippen molar-refractivity contribution in [3.63, 3.8) is 0 Å². The molecule has 0 aliphatic carbocycles. The minimum atomic E-state index is -0.193. The van der Waals surface area contributed by atoms with E-state index in [9.17, 15) is 4.79 Å². The first-order valence-corrected chi connectivity index (χ1v) is 7.99. The van der Waals surface area contributed by atoms with Crippen LogP contribution >= 0.6 is 11.8 Å². The molecule has 1 aromatic carbocycles. The van der Waals surface area contributed by atoms with E-state index in [2.05, 4.69) is 15.5 Å². The van der Waals surface area contributed by atoms with Gasteiger partial charge in [0, 0.05) is 12.1 Å². The molecule has 0 fully saturated rings. The Hall–Kier alpha value is -2.73. The summed E-state index contributed by atoms with van der Waals surface area (Å²) in [6.07, 6.45) is 0.278. The van der Waals surface area contributed by atoms with Gasteiger partial charge in [0.1, 0.15) is 0 Å². The molecule has 0 saturated carbocycles. The monoisotopic (exact) mass is 348 g/mol. The van der Waals surface area contributed by atoms with E-state index >= 15 is 0 Å². The summed E-state index contributed by atoms with van der Waals surface area (Å²) in [6.45, 7) is 0.330. The van der Waals surface area contributed by atoms with Gasteiger partial charge in [0.05, 0.1) is 32.5 Å². The van der Waals surface area contributed by atoms with Crippen molar-refractivity contribution in [2.45, 2.75) is 11.6 Å². The first-order chi connectivity index (χ1) is 11.7. The third-order valence-corrected chi connectivity index (χ3v) is 3.74. The highest BCUT2D eigenvalue weighted by Crippen LogP contribution is 2.32. The molecule has 24 heavy (non-hydrogen) atoms. The van der Waals surface area contributed by atoms with Gasteiger partial charge in [-0.15, -0.1) is 10.2 Å². The zero-order valence-corrected chi connectivity index (χ0v) is 14.1. The number of nitrogens with zero attached hydrogens (tertiary/aromatic N) is 3. The molecule has 0 aliphatic rings. The van der Waals surface area contributed by atoms with Gasteiger partial charge in [-0.05, 0) is 18.2 Å². The maximum atomic E-state index is 11.6. The van der Waals surface area contributed by atoms with E-state index in [1.165, 1.54) is 0 Å². The fourth-order valence-electron chi connectivity index (χ4n) is 1.79. The summed E-state index contributed by atoms with van der Waals surface area (Å²) in [6, 6.07) is 7.21. The van der Waals surface area contributed by atoms with E-state index in [0.717, 1.165) is 11.8 Å². The molecule has 0 spiro atoms. The number of thioether (sulfide) groups is 1. The number of aromatic nitrogens is 2. The number of hydrogen-bond donors (Lipinski definition) is 1. The molecular formula is C15H16N4O4S. The molecule has 9 heteroatoms. The van der Waals surface area contributed by atoms with Gasteiger partial charge in [0.2, 0.25) is 11.8 Å². The molecule has 0 radical (unpaired) electrons. The average Bonchev–Trinajstić information content (AvgIpc) is 3.08. The number of methoxy groups -OCH3 is 2. The first kappa shape index (κ1) is 17.6. The Morgan fingerprint density at radius 1 is 1.33 bits per heavy atom. The van der Waals surface area contributed by atoms with Crippen molar-refractivity contribution in [2.24, 2.45) is 0 Å². The highest BCUT2D eigenvalue weighted by atomic mass is 32.2. The van der Waals surface area contributed by atoms with E-state index in [4.69, 9.17) is 19.2 Å². The molecule has 1 aromatic heterocycles. The number of amides is 1. The fraction of sp³-hybridized carbons (Fsp3) is 0.333. The summed E-state index contributed by atoms with van der Waals surface area (Å²) in [4.78, 5) is 11.6. The van der Waals surface area contributed by atoms with Crippen LogP contribution in [-0.2, 0) is 4.79 Å². The molecule has 0 aliphatic heterocycles. The summed E-state index contributed by atoms with van der Waals surface area (Å²) in [5.41, 5.74) is 0.686. The van der Waals surface area contributed by atoms with Crippen LogP contribution in [0.1, 0.15) is 6.42 Å². The summed E-state index contributed by atoms with van der Waals surface area (Å²) in [5.74, 6) is 1.42. The van der Waals surface area contributed by atoms with Gasteiger partial charge in [0.25, 0.3) is 5.22 Å². The lowest BCUT2D eigenvalue weighted by molar-refractivity contribution is -0.118. The second kappa shape index (κ2) is 8.79. The second-order valence-electron chi connectivity index (χ2n) is 4.49. The smallest absolute Gasteiger partial charge is 0.277 e. The van der Waals surface area contributed by atoms with Crippen LogP contribution in [0.4, 0.5) is 0 Å². The predicted octanol–water partition coefficient (Wildman–Crippen LogP) is 1.88. The number of hydrogen-bond acceptors (Lipinski definition) is 8. The van der Waals surface area contributed by atoms with E-state index < -0.39 is 0 Å². The van der Waals surface area contributed by atoms with Crippen molar-refractivity contribution in [1.29, 1.82) is 5.26 Å². The fourth-order valence-corrected chi connectivity index (χ4v) is 2.38. The molecule has 1 heterocycles. The Balaban J connectivity index is 1.98. The van der Waals surface area contributed by atoms with Crippen molar-refractivity contribution in [3.05, 3.63) is 18.2 Å². The van der Waals surface area contributed by atoms with Crippen LogP contribution in [0.2, 0.25) is 0 Å². The van der Waals surface area contributed by atoms with Crippen molar-refractivity contribution >= 4 is 17.7 Å². The number of benzene rings is 1. The van der Waals surface area contributed by atoms with E-state index in [0.29, 0.717) is 29.5 Å². The van der Waals surface area contributed by atoms with Gasteiger partial charge in [-0.3, -0.25) is 4.79 Å². The number of ether oxygens (including phenoxy) is 2. The maximum absolute atomic E-state index is 11.6. The molecule has 0 bridgehead atoms. The zero-order chi connectivity index (χ0) is 17.4. The van der Waals surface area contributed by atoms with Crippen LogP contribution in [0.25, 0.3) is 11.5 Å². The molecule has 0 saturated heterocycles. The third kappa shape index (κ3) is 4.63. The first-order valence-electron chi connectivity index (χ1n) is 7.00. The Labute approximate surface area is 143 Å². The van der Waals surface area contributed by atoms with Crippen molar-refractivity contribution in [3.8, 4) is 29.0 Å². The standard InChI is InChI=1S/C15H16N4O4S/c1-21-11-5-4-10(8-12(11)22-2)14-18-19-15(23-14)24-9-13(20)17-7-3-6-16/h4-5,8H,3,7,9H2,1-2H3,(H,17,20). The molecule has 126 valence electrons. The molecular weight excluding hydrogens is 332 g/mol. The topological polar surface area (TPSA) is 110 Å². The molecule has 1 amide bonds. The third-order valence-electron chi connectivity index (χ3n) is 2.92. The van der Waals surface area contributed by atoms with E-state index in [-0.39, 0.29) is 23.3 Å². The van der Waals surface area contributed by atoms with Crippen LogP contribution in [0.3, 0.4) is 0 Å². The van der Waals surface area contributed by atoms with Gasteiger partial charge in [-0.1, -0.05) is 11.8 Å². The minimum absolute atomic E-state index is 0.138. The average molecular weight is 348 g/mol. The highest BCUT2D eigenvalue weighted by Gasteiger charge is 2.13. The Morgan fingerprint density at radius 2 is 2.12 bits per heavy atom. The molecule has 1 N–H and O–H groups in total.